The van der Waals surface area contributed by atoms with E-state index in [1.54, 1.807) is 0 Å². The fourth-order valence-corrected chi connectivity index (χ4v) is 4.02. The number of Topliss-reactive ketones (excluding diaryl/α,β-unsaturated/α-hetero) is 2. The molecule has 0 saturated carbocycles. The van der Waals surface area contributed by atoms with Crippen molar-refractivity contribution in [1.82, 2.24) is 0 Å². The van der Waals surface area contributed by atoms with Crippen LogP contribution in [0.4, 0.5) is 4.39 Å². The number of carbonyl (C=O) groups excluding carboxylic acids is 2. The fourth-order valence-electron chi connectivity index (χ4n) is 3.39. The third-order valence-electron chi connectivity index (χ3n) is 5.50. The molecule has 10 heteroatoms. The SMILES string of the molecule is CC(C)(C(=O)c1ccc(S(C)(=O)=O)cc1)C(CC(=O)c1ccc(F)cc1)(C(=O)O)C(=O)O. The molecular weight excluding hydrogens is 443 g/mol. The number of hydrogen-bond donors (Lipinski definition) is 2. The summed E-state index contributed by atoms with van der Waals surface area (Å²) in [5.74, 6) is -6.24. The maximum absolute atomic E-state index is 13.2. The molecule has 2 rings (SSSR count). The van der Waals surface area contributed by atoms with Crippen molar-refractivity contribution in [2.24, 2.45) is 10.8 Å². The molecule has 2 aromatic rings. The first-order valence-corrected chi connectivity index (χ1v) is 11.1. The van der Waals surface area contributed by atoms with Gasteiger partial charge in [0.15, 0.2) is 26.8 Å². The van der Waals surface area contributed by atoms with Crippen LogP contribution in [-0.4, -0.2) is 48.4 Å². The van der Waals surface area contributed by atoms with Crippen LogP contribution in [0.25, 0.3) is 0 Å². The molecule has 0 aliphatic rings. The van der Waals surface area contributed by atoms with Crippen molar-refractivity contribution in [1.29, 1.82) is 0 Å². The molecule has 0 saturated heterocycles. The van der Waals surface area contributed by atoms with Crippen LogP contribution in [0.3, 0.4) is 0 Å². The molecule has 0 aromatic heterocycles. The first-order chi connectivity index (χ1) is 14.6. The minimum atomic E-state index is -3.56. The van der Waals surface area contributed by atoms with Crippen LogP contribution < -0.4 is 0 Å². The van der Waals surface area contributed by atoms with Crippen LogP contribution in [0, 0.1) is 16.6 Å². The highest BCUT2D eigenvalue weighted by Crippen LogP contribution is 2.46. The van der Waals surface area contributed by atoms with Gasteiger partial charge in [-0.15, -0.1) is 0 Å². The van der Waals surface area contributed by atoms with E-state index in [1.807, 2.05) is 0 Å². The molecule has 0 heterocycles. The van der Waals surface area contributed by atoms with Gasteiger partial charge in [0.2, 0.25) is 0 Å². The quantitative estimate of drug-likeness (QED) is 0.426. The molecule has 32 heavy (non-hydrogen) atoms. The Balaban J connectivity index is 2.55. The first-order valence-electron chi connectivity index (χ1n) is 9.25. The highest BCUT2D eigenvalue weighted by Gasteiger charge is 2.62. The number of benzene rings is 2. The summed E-state index contributed by atoms with van der Waals surface area (Å²) >= 11 is 0. The Kier molecular flexibility index (Phi) is 6.70. The molecule has 2 N–H and O–H groups in total. The van der Waals surface area contributed by atoms with Crippen LogP contribution in [-0.2, 0) is 19.4 Å². The average Bonchev–Trinajstić information content (AvgIpc) is 2.70. The molecule has 0 spiro atoms. The van der Waals surface area contributed by atoms with E-state index in [0.29, 0.717) is 0 Å². The zero-order chi connectivity index (χ0) is 24.5. The standard InChI is InChI=1S/C22H21FO8S/c1-21(2,18(25)14-6-10-16(11-7-14)32(3,30)31)22(19(26)27,20(28)29)12-17(24)13-4-8-15(23)9-5-13/h4-11H,12H2,1-3H3,(H,26,27)(H,28,29). The van der Waals surface area contributed by atoms with Gasteiger partial charge in [-0.3, -0.25) is 19.2 Å². The van der Waals surface area contributed by atoms with Gasteiger partial charge in [0, 0.05) is 23.8 Å². The summed E-state index contributed by atoms with van der Waals surface area (Å²) in [6, 6.07) is 8.70. The number of carboxylic acid groups (broad SMARTS) is 2. The first kappa shape index (κ1) is 24.9. The highest BCUT2D eigenvalue weighted by atomic mass is 32.2. The number of carboxylic acids is 2. The van der Waals surface area contributed by atoms with E-state index in [9.17, 15) is 42.2 Å². The summed E-state index contributed by atoms with van der Waals surface area (Å²) in [6.45, 7) is 2.19. The molecule has 0 aliphatic heterocycles. The Morgan fingerprint density at radius 2 is 1.28 bits per heavy atom. The number of ketones is 2. The number of halogens is 1. The molecule has 0 fully saturated rings. The van der Waals surface area contributed by atoms with Gasteiger partial charge in [0.1, 0.15) is 5.82 Å². The topological polar surface area (TPSA) is 143 Å². The molecule has 8 nitrogen and oxygen atoms in total. The van der Waals surface area contributed by atoms with Crippen LogP contribution in [0.15, 0.2) is 53.4 Å². The lowest BCUT2D eigenvalue weighted by atomic mass is 9.59. The molecular formula is C22H21FO8S. The molecule has 0 atom stereocenters. The third kappa shape index (κ3) is 4.45. The summed E-state index contributed by atoms with van der Waals surface area (Å²) in [5.41, 5.74) is -5.22. The summed E-state index contributed by atoms with van der Waals surface area (Å²) in [6.07, 6.45) is -0.0990. The largest absolute Gasteiger partial charge is 0.480 e. The van der Waals surface area contributed by atoms with Crippen LogP contribution in [0.2, 0.25) is 0 Å². The van der Waals surface area contributed by atoms with Gasteiger partial charge in [0.25, 0.3) is 0 Å². The third-order valence-corrected chi connectivity index (χ3v) is 6.63. The Labute approximate surface area is 183 Å². The van der Waals surface area contributed by atoms with Gasteiger partial charge >= 0.3 is 11.9 Å². The van der Waals surface area contributed by atoms with E-state index in [1.165, 1.54) is 0 Å². The van der Waals surface area contributed by atoms with Crippen LogP contribution in [0.5, 0.6) is 0 Å². The number of aliphatic carboxylic acids is 2. The molecule has 0 amide bonds. The Morgan fingerprint density at radius 3 is 1.69 bits per heavy atom. The zero-order valence-corrected chi connectivity index (χ0v) is 18.3. The van der Waals surface area contributed by atoms with Gasteiger partial charge in [-0.2, -0.15) is 0 Å². The summed E-state index contributed by atoms with van der Waals surface area (Å²) in [7, 11) is -3.56. The summed E-state index contributed by atoms with van der Waals surface area (Å²) in [4.78, 5) is 50.3. The number of hydrogen-bond acceptors (Lipinski definition) is 6. The second-order valence-corrected chi connectivity index (χ2v) is 9.89. The fraction of sp³-hybridized carbons (Fsp3) is 0.273. The van der Waals surface area contributed by atoms with Gasteiger partial charge in [0.05, 0.1) is 10.3 Å². The lowest BCUT2D eigenvalue weighted by Gasteiger charge is -2.38. The predicted molar refractivity (Wildman–Crippen MR) is 111 cm³/mol. The second-order valence-electron chi connectivity index (χ2n) is 7.87. The molecule has 2 aromatic carbocycles. The van der Waals surface area contributed by atoms with Gasteiger partial charge in [-0.25, -0.2) is 12.8 Å². The molecule has 0 unspecified atom stereocenters. The lowest BCUT2D eigenvalue weighted by molar-refractivity contribution is -0.171. The van der Waals surface area contributed by atoms with E-state index >= 15 is 0 Å². The van der Waals surface area contributed by atoms with Gasteiger partial charge in [-0.1, -0.05) is 26.0 Å². The minimum Gasteiger partial charge on any atom is -0.480 e. The van der Waals surface area contributed by atoms with E-state index in [0.717, 1.165) is 68.6 Å². The van der Waals surface area contributed by atoms with Crippen molar-refractivity contribution >= 4 is 33.3 Å². The van der Waals surface area contributed by atoms with Gasteiger partial charge < -0.3 is 10.2 Å². The minimum absolute atomic E-state index is 0.0823. The molecule has 0 aliphatic carbocycles. The van der Waals surface area contributed by atoms with Crippen LogP contribution >= 0.6 is 0 Å². The normalized spacial score (nSPS) is 12.2. The van der Waals surface area contributed by atoms with Crippen molar-refractivity contribution < 1.29 is 42.2 Å². The van der Waals surface area contributed by atoms with Crippen LogP contribution in [0.1, 0.15) is 41.0 Å². The highest BCUT2D eigenvalue weighted by molar-refractivity contribution is 7.90. The summed E-state index contributed by atoms with van der Waals surface area (Å²) in [5, 5.41) is 19.8. The zero-order valence-electron chi connectivity index (χ0n) is 17.5. The van der Waals surface area contributed by atoms with Gasteiger partial charge in [-0.05, 0) is 36.4 Å². The average molecular weight is 464 g/mol. The van der Waals surface area contributed by atoms with Crippen molar-refractivity contribution in [3.63, 3.8) is 0 Å². The Morgan fingerprint density at radius 1 is 0.844 bits per heavy atom. The second kappa shape index (κ2) is 8.62. The van der Waals surface area contributed by atoms with Crippen molar-refractivity contribution in [2.45, 2.75) is 25.2 Å². The Bertz CT molecular complexity index is 1170. The molecule has 0 bridgehead atoms. The molecule has 170 valence electrons. The van der Waals surface area contributed by atoms with Crippen molar-refractivity contribution in [3.05, 3.63) is 65.5 Å². The number of carbonyl (C=O) groups is 4. The van der Waals surface area contributed by atoms with E-state index in [2.05, 4.69) is 0 Å². The lowest BCUT2D eigenvalue weighted by Crippen LogP contribution is -2.55. The maximum atomic E-state index is 13.2. The number of sulfone groups is 1. The van der Waals surface area contributed by atoms with E-state index in [-0.39, 0.29) is 16.0 Å². The maximum Gasteiger partial charge on any atom is 0.322 e. The Hall–Kier alpha value is -3.40. The smallest absolute Gasteiger partial charge is 0.322 e. The predicted octanol–water partition coefficient (Wildman–Crippen LogP) is 2.87. The summed E-state index contributed by atoms with van der Waals surface area (Å²) < 4.78 is 36.4. The molecule has 0 radical (unpaired) electrons. The monoisotopic (exact) mass is 464 g/mol. The van der Waals surface area contributed by atoms with E-state index < -0.39 is 56.4 Å². The van der Waals surface area contributed by atoms with E-state index in [4.69, 9.17) is 0 Å². The number of rotatable bonds is 9. The van der Waals surface area contributed by atoms with Crippen molar-refractivity contribution in [3.8, 4) is 0 Å². The van der Waals surface area contributed by atoms with Crippen molar-refractivity contribution in [2.75, 3.05) is 6.26 Å².